The number of aldehydes is 1. The van der Waals surface area contributed by atoms with Crippen LogP contribution in [0.1, 0.15) is 30.6 Å². The molecule has 1 rings (SSSR count). The number of hydrogen-bond acceptors (Lipinski definition) is 2. The van der Waals surface area contributed by atoms with Gasteiger partial charge in [-0.25, -0.2) is 0 Å². The Balaban J connectivity index is 3.07. The van der Waals surface area contributed by atoms with Gasteiger partial charge in [0, 0.05) is 29.4 Å². The summed E-state index contributed by atoms with van der Waals surface area (Å²) in [6.07, 6.45) is 1.89. The van der Waals surface area contributed by atoms with Crippen molar-refractivity contribution in [2.75, 3.05) is 11.9 Å². The smallest absolute Gasteiger partial charge is 0.152 e. The molecule has 0 aliphatic rings. The van der Waals surface area contributed by atoms with Crippen LogP contribution in [0.4, 0.5) is 5.69 Å². The van der Waals surface area contributed by atoms with E-state index < -0.39 is 0 Å². The van der Waals surface area contributed by atoms with E-state index in [-0.39, 0.29) is 0 Å². The van der Waals surface area contributed by atoms with Crippen molar-refractivity contribution < 1.29 is 4.79 Å². The molecule has 1 aromatic rings. The van der Waals surface area contributed by atoms with Gasteiger partial charge in [-0.05, 0) is 31.5 Å². The lowest BCUT2D eigenvalue weighted by molar-refractivity contribution is 0.112. The van der Waals surface area contributed by atoms with Crippen molar-refractivity contribution in [2.24, 2.45) is 0 Å². The minimum Gasteiger partial charge on any atom is -0.371 e. The summed E-state index contributed by atoms with van der Waals surface area (Å²) in [5, 5.41) is 0.596. The summed E-state index contributed by atoms with van der Waals surface area (Å²) in [6, 6.07) is 5.80. The zero-order chi connectivity index (χ0) is 11.4. The van der Waals surface area contributed by atoms with Crippen molar-refractivity contribution in [3.63, 3.8) is 0 Å². The predicted molar refractivity (Wildman–Crippen MR) is 65.0 cm³/mol. The van der Waals surface area contributed by atoms with E-state index in [1.807, 2.05) is 19.2 Å². The Morgan fingerprint density at radius 1 is 1.53 bits per heavy atom. The van der Waals surface area contributed by atoms with Gasteiger partial charge in [-0.1, -0.05) is 18.5 Å². The fourth-order valence-corrected chi connectivity index (χ4v) is 1.63. The SMILES string of the molecule is CCC(C)N(C)c1ccc(Cl)cc1C=O. The first-order valence-corrected chi connectivity index (χ1v) is 5.45. The van der Waals surface area contributed by atoms with Gasteiger partial charge >= 0.3 is 0 Å². The highest BCUT2D eigenvalue weighted by Gasteiger charge is 2.11. The Morgan fingerprint density at radius 2 is 2.20 bits per heavy atom. The van der Waals surface area contributed by atoms with Crippen LogP contribution in [0, 0.1) is 0 Å². The van der Waals surface area contributed by atoms with Crippen molar-refractivity contribution in [1.82, 2.24) is 0 Å². The molecule has 1 unspecified atom stereocenters. The fourth-order valence-electron chi connectivity index (χ4n) is 1.45. The molecule has 1 aromatic carbocycles. The maximum Gasteiger partial charge on any atom is 0.152 e. The molecule has 0 fully saturated rings. The van der Waals surface area contributed by atoms with E-state index in [9.17, 15) is 4.79 Å². The molecule has 0 saturated carbocycles. The van der Waals surface area contributed by atoms with E-state index in [0.717, 1.165) is 18.4 Å². The minimum atomic E-state index is 0.407. The van der Waals surface area contributed by atoms with Crippen LogP contribution in [0.5, 0.6) is 0 Å². The van der Waals surface area contributed by atoms with Gasteiger partial charge in [-0.3, -0.25) is 4.79 Å². The van der Waals surface area contributed by atoms with Crippen molar-refractivity contribution in [3.8, 4) is 0 Å². The van der Waals surface area contributed by atoms with E-state index >= 15 is 0 Å². The van der Waals surface area contributed by atoms with Crippen LogP contribution in [0.3, 0.4) is 0 Å². The zero-order valence-corrected chi connectivity index (χ0v) is 10.1. The second-order valence-electron chi connectivity index (χ2n) is 3.69. The highest BCUT2D eigenvalue weighted by molar-refractivity contribution is 6.31. The molecular weight excluding hydrogens is 210 g/mol. The summed E-state index contributed by atoms with van der Waals surface area (Å²) >= 11 is 5.84. The lowest BCUT2D eigenvalue weighted by atomic mass is 10.1. The van der Waals surface area contributed by atoms with E-state index in [4.69, 9.17) is 11.6 Å². The molecule has 0 aliphatic heterocycles. The number of carbonyl (C=O) groups excluding carboxylic acids is 1. The van der Waals surface area contributed by atoms with Crippen LogP contribution in [-0.4, -0.2) is 19.4 Å². The first kappa shape index (κ1) is 12.1. The quantitative estimate of drug-likeness (QED) is 0.733. The molecule has 0 aromatic heterocycles. The topological polar surface area (TPSA) is 20.3 Å². The summed E-state index contributed by atoms with van der Waals surface area (Å²) in [6.45, 7) is 4.25. The Morgan fingerprint density at radius 3 is 2.73 bits per heavy atom. The van der Waals surface area contributed by atoms with Gasteiger partial charge in [0.25, 0.3) is 0 Å². The van der Waals surface area contributed by atoms with Gasteiger partial charge in [0.2, 0.25) is 0 Å². The number of carbonyl (C=O) groups is 1. The molecule has 0 radical (unpaired) electrons. The maximum atomic E-state index is 10.9. The largest absolute Gasteiger partial charge is 0.371 e. The van der Waals surface area contributed by atoms with Crippen LogP contribution in [0.15, 0.2) is 18.2 Å². The number of nitrogens with zero attached hydrogens (tertiary/aromatic N) is 1. The lowest BCUT2D eigenvalue weighted by Gasteiger charge is -2.27. The monoisotopic (exact) mass is 225 g/mol. The third kappa shape index (κ3) is 2.72. The van der Waals surface area contributed by atoms with Gasteiger partial charge in [0.05, 0.1) is 0 Å². The van der Waals surface area contributed by atoms with Crippen LogP contribution < -0.4 is 4.90 Å². The van der Waals surface area contributed by atoms with E-state index in [2.05, 4.69) is 18.7 Å². The van der Waals surface area contributed by atoms with Gasteiger partial charge in [-0.15, -0.1) is 0 Å². The molecule has 15 heavy (non-hydrogen) atoms. The van der Waals surface area contributed by atoms with Gasteiger partial charge < -0.3 is 4.90 Å². The molecule has 1 atom stereocenters. The number of halogens is 1. The molecule has 82 valence electrons. The third-order valence-electron chi connectivity index (χ3n) is 2.75. The average Bonchev–Trinajstić information content (AvgIpc) is 2.26. The molecular formula is C12H16ClNO. The first-order chi connectivity index (χ1) is 7.10. The standard InChI is InChI=1S/C12H16ClNO/c1-4-9(2)14(3)12-6-5-11(13)7-10(12)8-15/h5-9H,4H2,1-3H3. The van der Waals surface area contributed by atoms with Crippen molar-refractivity contribution in [2.45, 2.75) is 26.3 Å². The number of rotatable bonds is 4. The summed E-state index contributed by atoms with van der Waals surface area (Å²) in [5.41, 5.74) is 1.58. The normalized spacial score (nSPS) is 12.3. The average molecular weight is 226 g/mol. The van der Waals surface area contributed by atoms with Gasteiger partial charge in [-0.2, -0.15) is 0 Å². The molecule has 0 saturated heterocycles. The van der Waals surface area contributed by atoms with E-state index in [1.54, 1.807) is 6.07 Å². The van der Waals surface area contributed by atoms with Crippen LogP contribution >= 0.6 is 11.6 Å². The molecule has 2 nitrogen and oxygen atoms in total. The predicted octanol–water partition coefficient (Wildman–Crippen LogP) is 3.39. The van der Waals surface area contributed by atoms with Crippen LogP contribution in [0.25, 0.3) is 0 Å². The highest BCUT2D eigenvalue weighted by atomic mass is 35.5. The summed E-state index contributed by atoms with van der Waals surface area (Å²) in [7, 11) is 1.99. The molecule has 0 N–H and O–H groups in total. The summed E-state index contributed by atoms with van der Waals surface area (Å²) in [5.74, 6) is 0. The van der Waals surface area contributed by atoms with Gasteiger partial charge in [0.15, 0.2) is 6.29 Å². The number of anilines is 1. The maximum absolute atomic E-state index is 10.9. The Labute approximate surface area is 95.8 Å². The fraction of sp³-hybridized carbons (Fsp3) is 0.417. The molecule has 0 spiro atoms. The third-order valence-corrected chi connectivity index (χ3v) is 2.98. The van der Waals surface area contributed by atoms with Crippen molar-refractivity contribution in [3.05, 3.63) is 28.8 Å². The minimum absolute atomic E-state index is 0.407. The molecule has 0 heterocycles. The van der Waals surface area contributed by atoms with Gasteiger partial charge in [0.1, 0.15) is 0 Å². The highest BCUT2D eigenvalue weighted by Crippen LogP contribution is 2.24. The van der Waals surface area contributed by atoms with Crippen LogP contribution in [-0.2, 0) is 0 Å². The molecule has 0 bridgehead atoms. The molecule has 3 heteroatoms. The van der Waals surface area contributed by atoms with Crippen molar-refractivity contribution in [1.29, 1.82) is 0 Å². The summed E-state index contributed by atoms with van der Waals surface area (Å²) < 4.78 is 0. The second-order valence-corrected chi connectivity index (χ2v) is 4.13. The van der Waals surface area contributed by atoms with E-state index in [0.29, 0.717) is 16.6 Å². The van der Waals surface area contributed by atoms with E-state index in [1.165, 1.54) is 0 Å². The second kappa shape index (κ2) is 5.17. The van der Waals surface area contributed by atoms with Crippen molar-refractivity contribution >= 4 is 23.6 Å². The van der Waals surface area contributed by atoms with Crippen LogP contribution in [0.2, 0.25) is 5.02 Å². The lowest BCUT2D eigenvalue weighted by Crippen LogP contribution is -2.28. The summed E-state index contributed by atoms with van der Waals surface area (Å²) in [4.78, 5) is 13.0. The molecule has 0 amide bonds. The Kier molecular flexibility index (Phi) is 4.15. The number of hydrogen-bond donors (Lipinski definition) is 0. The first-order valence-electron chi connectivity index (χ1n) is 5.07. The Hall–Kier alpha value is -1.02. The number of benzene rings is 1. The zero-order valence-electron chi connectivity index (χ0n) is 9.33. The Bertz CT molecular complexity index is 351. The molecule has 0 aliphatic carbocycles.